The largest absolute Gasteiger partial charge is 0.496 e. The highest BCUT2D eigenvalue weighted by molar-refractivity contribution is 6.27. The van der Waals surface area contributed by atoms with Crippen molar-refractivity contribution in [3.63, 3.8) is 0 Å². The number of rotatable bonds is 4. The Balaban J connectivity index is 2.86. The molecule has 0 unspecified atom stereocenters. The van der Waals surface area contributed by atoms with Gasteiger partial charge in [-0.15, -0.1) is 11.6 Å². The Labute approximate surface area is 101 Å². The fourth-order valence-corrected chi connectivity index (χ4v) is 1.68. The highest BCUT2D eigenvalue weighted by Crippen LogP contribution is 2.20. The molecule has 1 aromatic carbocycles. The zero-order valence-electron chi connectivity index (χ0n) is 9.79. The van der Waals surface area contributed by atoms with Crippen LogP contribution in [-0.4, -0.2) is 30.8 Å². The van der Waals surface area contributed by atoms with Crippen LogP contribution in [0.5, 0.6) is 5.75 Å². The van der Waals surface area contributed by atoms with Gasteiger partial charge >= 0.3 is 0 Å². The second kappa shape index (κ2) is 5.75. The van der Waals surface area contributed by atoms with Crippen molar-refractivity contribution < 1.29 is 9.53 Å². The summed E-state index contributed by atoms with van der Waals surface area (Å²) in [5.41, 5.74) is 2.13. The SMILES string of the molecule is COc1ccc(C)cc1CN(C)C(=O)CCl. The number of hydrogen-bond donors (Lipinski definition) is 0. The van der Waals surface area contributed by atoms with E-state index < -0.39 is 0 Å². The van der Waals surface area contributed by atoms with E-state index >= 15 is 0 Å². The molecular weight excluding hydrogens is 226 g/mol. The fourth-order valence-electron chi connectivity index (χ4n) is 1.48. The molecule has 0 radical (unpaired) electrons. The Morgan fingerprint density at radius 1 is 1.50 bits per heavy atom. The van der Waals surface area contributed by atoms with Crippen LogP contribution in [0.1, 0.15) is 11.1 Å². The first-order valence-electron chi connectivity index (χ1n) is 5.02. The molecule has 0 saturated carbocycles. The predicted molar refractivity (Wildman–Crippen MR) is 64.9 cm³/mol. The van der Waals surface area contributed by atoms with Gasteiger partial charge in [0.25, 0.3) is 0 Å². The Morgan fingerprint density at radius 2 is 2.19 bits per heavy atom. The van der Waals surface area contributed by atoms with Crippen LogP contribution >= 0.6 is 11.6 Å². The first-order chi connectivity index (χ1) is 7.58. The monoisotopic (exact) mass is 241 g/mol. The molecule has 88 valence electrons. The molecule has 0 aliphatic carbocycles. The van der Waals surface area contributed by atoms with Crippen LogP contribution < -0.4 is 4.74 Å². The number of carbonyl (C=O) groups excluding carboxylic acids is 1. The lowest BCUT2D eigenvalue weighted by Crippen LogP contribution is -2.27. The van der Waals surface area contributed by atoms with Gasteiger partial charge in [-0.1, -0.05) is 17.7 Å². The minimum atomic E-state index is -0.0924. The molecule has 0 bridgehead atoms. The number of carbonyl (C=O) groups is 1. The second-order valence-corrected chi connectivity index (χ2v) is 3.97. The van der Waals surface area contributed by atoms with Gasteiger partial charge in [-0.2, -0.15) is 0 Å². The molecule has 16 heavy (non-hydrogen) atoms. The van der Waals surface area contributed by atoms with Crippen LogP contribution in [0, 0.1) is 6.92 Å². The average Bonchev–Trinajstić information content (AvgIpc) is 2.28. The standard InChI is InChI=1S/C12H16ClNO2/c1-9-4-5-11(16-3)10(6-9)8-14(2)12(15)7-13/h4-6H,7-8H2,1-3H3. The van der Waals surface area contributed by atoms with Crippen molar-refractivity contribution >= 4 is 17.5 Å². The quantitative estimate of drug-likeness (QED) is 0.757. The molecule has 0 spiro atoms. The van der Waals surface area contributed by atoms with Crippen LogP contribution in [-0.2, 0) is 11.3 Å². The van der Waals surface area contributed by atoms with Crippen molar-refractivity contribution in [1.29, 1.82) is 0 Å². The Hall–Kier alpha value is -1.22. The first-order valence-corrected chi connectivity index (χ1v) is 5.55. The summed E-state index contributed by atoms with van der Waals surface area (Å²) < 4.78 is 5.24. The lowest BCUT2D eigenvalue weighted by Gasteiger charge is -2.18. The van der Waals surface area contributed by atoms with Crippen LogP contribution in [0.3, 0.4) is 0 Å². The normalized spacial score (nSPS) is 10.0. The molecule has 1 aromatic rings. The van der Waals surface area contributed by atoms with Gasteiger partial charge in [0, 0.05) is 19.2 Å². The van der Waals surface area contributed by atoms with E-state index in [1.807, 2.05) is 25.1 Å². The van der Waals surface area contributed by atoms with E-state index in [1.165, 1.54) is 0 Å². The van der Waals surface area contributed by atoms with E-state index in [9.17, 15) is 4.79 Å². The summed E-state index contributed by atoms with van der Waals surface area (Å²) in [4.78, 5) is 12.9. The number of aryl methyl sites for hydroxylation is 1. The van der Waals surface area contributed by atoms with Crippen molar-refractivity contribution in [3.05, 3.63) is 29.3 Å². The minimum Gasteiger partial charge on any atom is -0.496 e. The van der Waals surface area contributed by atoms with Crippen LogP contribution in [0.25, 0.3) is 0 Å². The van der Waals surface area contributed by atoms with Crippen molar-refractivity contribution in [2.75, 3.05) is 20.0 Å². The van der Waals surface area contributed by atoms with Crippen LogP contribution in [0.4, 0.5) is 0 Å². The van der Waals surface area contributed by atoms with Crippen LogP contribution in [0.2, 0.25) is 0 Å². The zero-order valence-corrected chi connectivity index (χ0v) is 10.5. The van der Waals surface area contributed by atoms with Gasteiger partial charge in [-0.05, 0) is 13.0 Å². The Kier molecular flexibility index (Phi) is 4.62. The number of ether oxygens (including phenoxy) is 1. The summed E-state index contributed by atoms with van der Waals surface area (Å²) in [6.07, 6.45) is 0. The van der Waals surface area contributed by atoms with Crippen molar-refractivity contribution in [3.8, 4) is 5.75 Å². The predicted octanol–water partition coefficient (Wildman–Crippen LogP) is 2.20. The lowest BCUT2D eigenvalue weighted by atomic mass is 10.1. The number of methoxy groups -OCH3 is 1. The summed E-state index contributed by atoms with van der Waals surface area (Å²) in [6.45, 7) is 2.52. The van der Waals surface area contributed by atoms with Crippen molar-refractivity contribution in [2.24, 2.45) is 0 Å². The first kappa shape index (κ1) is 12.8. The minimum absolute atomic E-state index is 0.00459. The molecule has 0 aliphatic rings. The molecule has 4 heteroatoms. The molecule has 0 saturated heterocycles. The molecule has 0 atom stereocenters. The van der Waals surface area contributed by atoms with Crippen LogP contribution in [0.15, 0.2) is 18.2 Å². The highest BCUT2D eigenvalue weighted by atomic mass is 35.5. The van der Waals surface area contributed by atoms with Gasteiger partial charge < -0.3 is 9.64 Å². The fraction of sp³-hybridized carbons (Fsp3) is 0.417. The highest BCUT2D eigenvalue weighted by Gasteiger charge is 2.10. The van der Waals surface area contributed by atoms with Gasteiger partial charge in [0.15, 0.2) is 0 Å². The molecule has 1 amide bonds. The summed E-state index contributed by atoms with van der Waals surface area (Å²) in [7, 11) is 3.35. The lowest BCUT2D eigenvalue weighted by molar-refractivity contribution is -0.127. The number of alkyl halides is 1. The maximum Gasteiger partial charge on any atom is 0.237 e. The maximum absolute atomic E-state index is 11.4. The molecule has 0 fully saturated rings. The van der Waals surface area contributed by atoms with E-state index in [0.29, 0.717) is 6.54 Å². The summed E-state index contributed by atoms with van der Waals surface area (Å²) >= 11 is 5.50. The topological polar surface area (TPSA) is 29.5 Å². The van der Waals surface area contributed by atoms with E-state index in [2.05, 4.69) is 0 Å². The third kappa shape index (κ3) is 3.14. The van der Waals surface area contributed by atoms with Crippen molar-refractivity contribution in [2.45, 2.75) is 13.5 Å². The van der Waals surface area contributed by atoms with Crippen molar-refractivity contribution in [1.82, 2.24) is 4.90 Å². The number of benzene rings is 1. The Bertz CT molecular complexity index is 379. The number of hydrogen-bond acceptors (Lipinski definition) is 2. The molecule has 3 nitrogen and oxygen atoms in total. The number of nitrogens with zero attached hydrogens (tertiary/aromatic N) is 1. The van der Waals surface area contributed by atoms with E-state index in [4.69, 9.17) is 16.3 Å². The second-order valence-electron chi connectivity index (χ2n) is 3.70. The molecule has 0 aromatic heterocycles. The van der Waals surface area contributed by atoms with Gasteiger partial charge in [0.05, 0.1) is 7.11 Å². The third-order valence-electron chi connectivity index (χ3n) is 2.38. The molecule has 0 aliphatic heterocycles. The Morgan fingerprint density at radius 3 is 2.75 bits per heavy atom. The van der Waals surface area contributed by atoms with Gasteiger partial charge in [0.2, 0.25) is 5.91 Å². The van der Waals surface area contributed by atoms with E-state index in [1.54, 1.807) is 19.1 Å². The summed E-state index contributed by atoms with van der Waals surface area (Å²) in [6, 6.07) is 5.90. The average molecular weight is 242 g/mol. The third-order valence-corrected chi connectivity index (χ3v) is 2.61. The molecule has 0 heterocycles. The maximum atomic E-state index is 11.4. The van der Waals surface area contributed by atoms with E-state index in [0.717, 1.165) is 16.9 Å². The number of amides is 1. The molecule has 0 N–H and O–H groups in total. The summed E-state index contributed by atoms with van der Waals surface area (Å²) in [5.74, 6) is 0.704. The zero-order chi connectivity index (χ0) is 12.1. The molecule has 1 rings (SSSR count). The number of halogens is 1. The molecular formula is C12H16ClNO2. The smallest absolute Gasteiger partial charge is 0.237 e. The van der Waals surface area contributed by atoms with Gasteiger partial charge in [-0.25, -0.2) is 0 Å². The van der Waals surface area contributed by atoms with Gasteiger partial charge in [-0.3, -0.25) is 4.79 Å². The van der Waals surface area contributed by atoms with E-state index in [-0.39, 0.29) is 11.8 Å². The summed E-state index contributed by atoms with van der Waals surface area (Å²) in [5, 5.41) is 0. The van der Waals surface area contributed by atoms with Gasteiger partial charge in [0.1, 0.15) is 11.6 Å².